The molecule has 0 atom stereocenters. The van der Waals surface area contributed by atoms with Gasteiger partial charge in [0.05, 0.1) is 6.61 Å². The highest BCUT2D eigenvalue weighted by Crippen LogP contribution is 2.26. The Morgan fingerprint density at radius 2 is 2.13 bits per heavy atom. The average molecular weight is 355 g/mol. The number of aromatic nitrogens is 2. The van der Waals surface area contributed by atoms with Crippen LogP contribution < -0.4 is 5.32 Å². The number of nitrogens with zero attached hydrogens (tertiary/aromatic N) is 2. The zero-order valence-electron chi connectivity index (χ0n) is 12.8. The molecule has 0 amide bonds. The Kier molecular flexibility index (Phi) is 7.28. The van der Waals surface area contributed by atoms with E-state index in [1.165, 1.54) is 23.5 Å². The summed E-state index contributed by atoms with van der Waals surface area (Å²) in [6, 6.07) is 6.33. The van der Waals surface area contributed by atoms with Crippen molar-refractivity contribution in [1.29, 1.82) is 0 Å². The molecule has 0 saturated carbocycles. The Morgan fingerprint density at radius 1 is 1.35 bits per heavy atom. The fourth-order valence-corrected chi connectivity index (χ4v) is 3.49. The van der Waals surface area contributed by atoms with Crippen LogP contribution in [0.15, 0.2) is 28.6 Å². The van der Waals surface area contributed by atoms with Gasteiger partial charge in [-0.15, -0.1) is 10.2 Å². The van der Waals surface area contributed by atoms with Gasteiger partial charge in [-0.25, -0.2) is 4.39 Å². The maximum absolute atomic E-state index is 12.8. The maximum Gasteiger partial charge on any atom is 0.305 e. The Morgan fingerprint density at radius 3 is 2.87 bits per heavy atom. The lowest BCUT2D eigenvalue weighted by Crippen LogP contribution is -2.03. The summed E-state index contributed by atoms with van der Waals surface area (Å²) in [6.45, 7) is 2.79. The average Bonchev–Trinajstić information content (AvgIpc) is 2.99. The van der Waals surface area contributed by atoms with Gasteiger partial charge in [0.1, 0.15) is 5.82 Å². The molecule has 5 nitrogen and oxygen atoms in total. The molecule has 1 aromatic heterocycles. The summed E-state index contributed by atoms with van der Waals surface area (Å²) in [5, 5.41) is 12.0. The van der Waals surface area contributed by atoms with Crippen LogP contribution in [0.4, 0.5) is 9.52 Å². The van der Waals surface area contributed by atoms with E-state index in [1.54, 1.807) is 30.8 Å². The van der Waals surface area contributed by atoms with Gasteiger partial charge in [0.2, 0.25) is 5.13 Å². The molecular weight excluding hydrogens is 337 g/mol. The summed E-state index contributed by atoms with van der Waals surface area (Å²) in [5.41, 5.74) is 0.977. The molecule has 0 fully saturated rings. The van der Waals surface area contributed by atoms with Crippen molar-refractivity contribution in [1.82, 2.24) is 10.2 Å². The summed E-state index contributed by atoms with van der Waals surface area (Å²) < 4.78 is 18.6. The zero-order chi connectivity index (χ0) is 16.5. The molecule has 2 aromatic rings. The van der Waals surface area contributed by atoms with E-state index in [0.29, 0.717) is 19.6 Å². The molecule has 0 aliphatic rings. The van der Waals surface area contributed by atoms with Crippen LogP contribution in [0.1, 0.15) is 25.3 Å². The van der Waals surface area contributed by atoms with E-state index in [-0.39, 0.29) is 11.8 Å². The quantitative estimate of drug-likeness (QED) is 0.420. The summed E-state index contributed by atoms with van der Waals surface area (Å²) in [6.07, 6.45) is 1.18. The standard InChI is InChI=1S/C15H18FN3O2S2/c1-2-21-13(20)4-3-9-22-15-19-18-14(23-15)17-10-11-5-7-12(16)8-6-11/h5-8H,2-4,9-10H2,1H3,(H,17,18). The van der Waals surface area contributed by atoms with Gasteiger partial charge in [0, 0.05) is 18.7 Å². The van der Waals surface area contributed by atoms with E-state index in [0.717, 1.165) is 27.2 Å². The molecular formula is C15H18FN3O2S2. The van der Waals surface area contributed by atoms with Gasteiger partial charge in [-0.1, -0.05) is 35.2 Å². The minimum atomic E-state index is -0.244. The van der Waals surface area contributed by atoms with Gasteiger partial charge < -0.3 is 10.1 Å². The van der Waals surface area contributed by atoms with E-state index >= 15 is 0 Å². The van der Waals surface area contributed by atoms with E-state index in [4.69, 9.17) is 4.74 Å². The van der Waals surface area contributed by atoms with E-state index in [1.807, 2.05) is 0 Å². The SMILES string of the molecule is CCOC(=O)CCCSc1nnc(NCc2ccc(F)cc2)s1. The summed E-state index contributed by atoms with van der Waals surface area (Å²) in [7, 11) is 0. The third-order valence-electron chi connectivity index (χ3n) is 2.82. The Hall–Kier alpha value is -1.67. The molecule has 0 radical (unpaired) electrons. The van der Waals surface area contributed by atoms with Gasteiger partial charge >= 0.3 is 5.97 Å². The van der Waals surface area contributed by atoms with E-state index in [9.17, 15) is 9.18 Å². The topological polar surface area (TPSA) is 64.1 Å². The number of esters is 1. The summed E-state index contributed by atoms with van der Waals surface area (Å²) >= 11 is 3.04. The first kappa shape index (κ1) is 17.7. The highest BCUT2D eigenvalue weighted by atomic mass is 32.2. The molecule has 2 rings (SSSR count). The number of benzene rings is 1. The van der Waals surface area contributed by atoms with Gasteiger partial charge in [0.15, 0.2) is 4.34 Å². The normalized spacial score (nSPS) is 10.5. The first-order valence-electron chi connectivity index (χ1n) is 7.27. The van der Waals surface area contributed by atoms with Crippen molar-refractivity contribution in [2.75, 3.05) is 17.7 Å². The van der Waals surface area contributed by atoms with Crippen molar-refractivity contribution in [2.45, 2.75) is 30.6 Å². The molecule has 0 aliphatic carbocycles. The smallest absolute Gasteiger partial charge is 0.305 e. The predicted octanol–water partition coefficient (Wildman–Crippen LogP) is 3.72. The van der Waals surface area contributed by atoms with Crippen LogP contribution in [0.5, 0.6) is 0 Å². The van der Waals surface area contributed by atoms with Crippen molar-refractivity contribution in [2.24, 2.45) is 0 Å². The van der Waals surface area contributed by atoms with Gasteiger partial charge in [-0.2, -0.15) is 0 Å². The number of ether oxygens (including phenoxy) is 1. The third-order valence-corrected chi connectivity index (χ3v) is 4.92. The second-order valence-electron chi connectivity index (χ2n) is 4.61. The molecule has 0 aliphatic heterocycles. The van der Waals surface area contributed by atoms with E-state index in [2.05, 4.69) is 15.5 Å². The van der Waals surface area contributed by atoms with Crippen LogP contribution in [0.3, 0.4) is 0 Å². The Balaban J connectivity index is 1.69. The van der Waals surface area contributed by atoms with Crippen molar-refractivity contribution < 1.29 is 13.9 Å². The largest absolute Gasteiger partial charge is 0.466 e. The van der Waals surface area contributed by atoms with Crippen molar-refractivity contribution in [3.8, 4) is 0 Å². The minimum absolute atomic E-state index is 0.160. The Bertz CT molecular complexity index is 619. The predicted molar refractivity (Wildman–Crippen MR) is 90.2 cm³/mol. The number of carbonyl (C=O) groups is 1. The first-order valence-corrected chi connectivity index (χ1v) is 9.08. The highest BCUT2D eigenvalue weighted by molar-refractivity contribution is 8.01. The lowest BCUT2D eigenvalue weighted by Gasteiger charge is -2.01. The molecule has 0 spiro atoms. The van der Waals surface area contributed by atoms with Crippen molar-refractivity contribution in [3.05, 3.63) is 35.6 Å². The van der Waals surface area contributed by atoms with E-state index < -0.39 is 0 Å². The highest BCUT2D eigenvalue weighted by Gasteiger charge is 2.06. The lowest BCUT2D eigenvalue weighted by atomic mass is 10.2. The molecule has 0 unspecified atom stereocenters. The number of nitrogens with one attached hydrogen (secondary N) is 1. The summed E-state index contributed by atoms with van der Waals surface area (Å²) in [5.74, 6) is 0.393. The lowest BCUT2D eigenvalue weighted by molar-refractivity contribution is -0.143. The minimum Gasteiger partial charge on any atom is -0.466 e. The number of hydrogen-bond donors (Lipinski definition) is 1. The molecule has 1 N–H and O–H groups in total. The molecule has 23 heavy (non-hydrogen) atoms. The van der Waals surface area contributed by atoms with Crippen LogP contribution in [0.25, 0.3) is 0 Å². The van der Waals surface area contributed by atoms with Gasteiger partial charge in [-0.3, -0.25) is 4.79 Å². The number of rotatable bonds is 9. The monoisotopic (exact) mass is 355 g/mol. The summed E-state index contributed by atoms with van der Waals surface area (Å²) in [4.78, 5) is 11.2. The fraction of sp³-hybridized carbons (Fsp3) is 0.400. The van der Waals surface area contributed by atoms with Crippen LogP contribution >= 0.6 is 23.1 Å². The van der Waals surface area contributed by atoms with Gasteiger partial charge in [-0.05, 0) is 31.0 Å². The fourth-order valence-electron chi connectivity index (χ4n) is 1.73. The molecule has 8 heteroatoms. The van der Waals surface area contributed by atoms with Crippen LogP contribution in [0.2, 0.25) is 0 Å². The van der Waals surface area contributed by atoms with Crippen LogP contribution in [-0.2, 0) is 16.1 Å². The number of carbonyl (C=O) groups excluding carboxylic acids is 1. The van der Waals surface area contributed by atoms with Crippen molar-refractivity contribution >= 4 is 34.2 Å². The molecule has 0 bridgehead atoms. The molecule has 1 heterocycles. The maximum atomic E-state index is 12.8. The third kappa shape index (κ3) is 6.54. The second kappa shape index (κ2) is 9.46. The van der Waals surface area contributed by atoms with Gasteiger partial charge in [0.25, 0.3) is 0 Å². The van der Waals surface area contributed by atoms with Crippen LogP contribution in [0, 0.1) is 5.82 Å². The zero-order valence-corrected chi connectivity index (χ0v) is 14.4. The Labute approximate surface area is 142 Å². The second-order valence-corrected chi connectivity index (χ2v) is 6.93. The first-order chi connectivity index (χ1) is 11.2. The molecule has 124 valence electrons. The molecule has 0 saturated heterocycles. The number of halogens is 1. The molecule has 1 aromatic carbocycles. The van der Waals surface area contributed by atoms with Crippen LogP contribution in [-0.4, -0.2) is 28.5 Å². The number of thioether (sulfide) groups is 1. The van der Waals surface area contributed by atoms with Crippen molar-refractivity contribution in [3.63, 3.8) is 0 Å². The number of hydrogen-bond acceptors (Lipinski definition) is 7. The number of anilines is 1.